The Kier molecular flexibility index (Phi) is 4.86. The molecule has 116 valence electrons. The number of nitrogens with zero attached hydrogens (tertiary/aromatic N) is 2. The van der Waals surface area contributed by atoms with E-state index >= 15 is 0 Å². The van der Waals surface area contributed by atoms with Gasteiger partial charge in [0, 0.05) is 18.0 Å². The predicted molar refractivity (Wildman–Crippen MR) is 83.4 cm³/mol. The first-order valence-corrected chi connectivity index (χ1v) is 8.46. The molecule has 1 fully saturated rings. The molecular formula is C17H27N3O. The molecule has 0 saturated carbocycles. The Morgan fingerprint density at radius 2 is 2.19 bits per heavy atom. The van der Waals surface area contributed by atoms with Gasteiger partial charge in [-0.3, -0.25) is 0 Å². The van der Waals surface area contributed by atoms with Crippen LogP contribution in [-0.2, 0) is 17.6 Å². The van der Waals surface area contributed by atoms with E-state index in [-0.39, 0.29) is 6.10 Å². The average molecular weight is 289 g/mol. The fourth-order valence-electron chi connectivity index (χ4n) is 3.47. The van der Waals surface area contributed by atoms with E-state index in [1.54, 1.807) is 0 Å². The van der Waals surface area contributed by atoms with Gasteiger partial charge in [0.2, 0.25) is 0 Å². The van der Waals surface area contributed by atoms with Crippen LogP contribution in [0.3, 0.4) is 0 Å². The Morgan fingerprint density at radius 3 is 2.95 bits per heavy atom. The first kappa shape index (κ1) is 14.9. The molecule has 2 heterocycles. The molecule has 1 aliphatic carbocycles. The first-order valence-electron chi connectivity index (χ1n) is 8.46. The maximum absolute atomic E-state index is 5.74. The van der Waals surface area contributed by atoms with Crippen LogP contribution in [0, 0.1) is 12.8 Å². The molecular weight excluding hydrogens is 262 g/mol. The summed E-state index contributed by atoms with van der Waals surface area (Å²) in [5.74, 6) is 1.66. The van der Waals surface area contributed by atoms with Crippen LogP contribution in [0.15, 0.2) is 0 Å². The quantitative estimate of drug-likeness (QED) is 0.847. The van der Waals surface area contributed by atoms with E-state index in [4.69, 9.17) is 14.7 Å². The highest BCUT2D eigenvalue weighted by atomic mass is 16.5. The van der Waals surface area contributed by atoms with Gasteiger partial charge < -0.3 is 10.1 Å². The van der Waals surface area contributed by atoms with Crippen LogP contribution in [0.4, 0.5) is 0 Å². The van der Waals surface area contributed by atoms with Crippen LogP contribution in [0.2, 0.25) is 0 Å². The second-order valence-corrected chi connectivity index (χ2v) is 6.41. The minimum Gasteiger partial charge on any atom is -0.370 e. The van der Waals surface area contributed by atoms with E-state index in [0.717, 1.165) is 57.1 Å². The Bertz CT molecular complexity index is 483. The van der Waals surface area contributed by atoms with Crippen LogP contribution in [-0.4, -0.2) is 29.7 Å². The number of aromatic nitrogens is 2. The van der Waals surface area contributed by atoms with E-state index in [2.05, 4.69) is 19.2 Å². The summed E-state index contributed by atoms with van der Waals surface area (Å²) in [6.45, 7) is 7.46. The number of aryl methyl sites for hydroxylation is 2. The molecule has 1 N–H and O–H groups in total. The van der Waals surface area contributed by atoms with E-state index in [1.165, 1.54) is 29.8 Å². The summed E-state index contributed by atoms with van der Waals surface area (Å²) in [5.41, 5.74) is 3.84. The zero-order chi connectivity index (χ0) is 14.7. The standard InChI is InChI=1S/C17H27N3O/c1-3-8-18-11-13-6-7-15-14(10-13)12(2)19-17(20-15)16-5-4-9-21-16/h13,16,18H,3-11H2,1-2H3. The van der Waals surface area contributed by atoms with Crippen molar-refractivity contribution in [2.24, 2.45) is 5.92 Å². The lowest BCUT2D eigenvalue weighted by Gasteiger charge is -2.26. The lowest BCUT2D eigenvalue weighted by Crippen LogP contribution is -2.29. The van der Waals surface area contributed by atoms with Gasteiger partial charge in [-0.25, -0.2) is 9.97 Å². The maximum Gasteiger partial charge on any atom is 0.157 e. The van der Waals surface area contributed by atoms with Crippen LogP contribution in [0.5, 0.6) is 0 Å². The molecule has 21 heavy (non-hydrogen) atoms. The average Bonchev–Trinajstić information content (AvgIpc) is 3.02. The highest BCUT2D eigenvalue weighted by molar-refractivity contribution is 5.28. The lowest BCUT2D eigenvalue weighted by molar-refractivity contribution is 0.104. The monoisotopic (exact) mass is 289 g/mol. The van der Waals surface area contributed by atoms with Crippen molar-refractivity contribution in [2.75, 3.05) is 19.7 Å². The third kappa shape index (κ3) is 3.43. The number of fused-ring (bicyclic) bond motifs is 1. The molecule has 4 nitrogen and oxygen atoms in total. The van der Waals surface area contributed by atoms with Crippen molar-refractivity contribution < 1.29 is 4.74 Å². The Balaban J connectivity index is 1.71. The summed E-state index contributed by atoms with van der Waals surface area (Å²) in [6.07, 6.45) is 7.01. The molecule has 0 spiro atoms. The maximum atomic E-state index is 5.74. The highest BCUT2D eigenvalue weighted by Crippen LogP contribution is 2.30. The van der Waals surface area contributed by atoms with Gasteiger partial charge in [-0.1, -0.05) is 6.92 Å². The molecule has 0 radical (unpaired) electrons. The van der Waals surface area contributed by atoms with Crippen LogP contribution in [0.1, 0.15) is 61.5 Å². The summed E-state index contributed by atoms with van der Waals surface area (Å²) in [7, 11) is 0. The van der Waals surface area contributed by atoms with Crippen LogP contribution >= 0.6 is 0 Å². The van der Waals surface area contributed by atoms with E-state index in [1.807, 2.05) is 0 Å². The van der Waals surface area contributed by atoms with Crippen molar-refractivity contribution in [1.29, 1.82) is 0 Å². The smallest absolute Gasteiger partial charge is 0.157 e. The molecule has 2 atom stereocenters. The second kappa shape index (κ2) is 6.84. The third-order valence-electron chi connectivity index (χ3n) is 4.68. The molecule has 1 aromatic rings. The fraction of sp³-hybridized carbons (Fsp3) is 0.765. The second-order valence-electron chi connectivity index (χ2n) is 6.41. The van der Waals surface area contributed by atoms with E-state index < -0.39 is 0 Å². The molecule has 0 bridgehead atoms. The number of rotatable bonds is 5. The molecule has 1 aliphatic heterocycles. The molecule has 1 saturated heterocycles. The van der Waals surface area contributed by atoms with Crippen molar-refractivity contribution in [3.8, 4) is 0 Å². The van der Waals surface area contributed by atoms with Crippen LogP contribution < -0.4 is 5.32 Å². The van der Waals surface area contributed by atoms with Crippen molar-refractivity contribution >= 4 is 0 Å². The minimum absolute atomic E-state index is 0.137. The van der Waals surface area contributed by atoms with Crippen molar-refractivity contribution in [2.45, 2.75) is 58.5 Å². The zero-order valence-corrected chi connectivity index (χ0v) is 13.3. The van der Waals surface area contributed by atoms with E-state index in [0.29, 0.717) is 0 Å². The van der Waals surface area contributed by atoms with Gasteiger partial charge in [0.25, 0.3) is 0 Å². The van der Waals surface area contributed by atoms with Gasteiger partial charge in [0.1, 0.15) is 6.10 Å². The number of ether oxygens (including phenoxy) is 1. The van der Waals surface area contributed by atoms with Gasteiger partial charge in [-0.15, -0.1) is 0 Å². The molecule has 0 amide bonds. The van der Waals surface area contributed by atoms with Gasteiger partial charge in [-0.2, -0.15) is 0 Å². The Hall–Kier alpha value is -1.00. The third-order valence-corrected chi connectivity index (χ3v) is 4.68. The topological polar surface area (TPSA) is 47.0 Å². The first-order chi connectivity index (χ1) is 10.3. The molecule has 4 heteroatoms. The minimum atomic E-state index is 0.137. The van der Waals surface area contributed by atoms with E-state index in [9.17, 15) is 0 Å². The van der Waals surface area contributed by atoms with Crippen molar-refractivity contribution in [3.05, 3.63) is 22.8 Å². The normalized spacial score (nSPS) is 25.0. The molecule has 3 rings (SSSR count). The number of hydrogen-bond donors (Lipinski definition) is 1. The Labute approximate surface area is 127 Å². The zero-order valence-electron chi connectivity index (χ0n) is 13.3. The molecule has 2 unspecified atom stereocenters. The van der Waals surface area contributed by atoms with Gasteiger partial charge in [-0.05, 0) is 70.0 Å². The summed E-state index contributed by atoms with van der Waals surface area (Å²) < 4.78 is 5.74. The molecule has 2 aliphatic rings. The summed E-state index contributed by atoms with van der Waals surface area (Å²) >= 11 is 0. The highest BCUT2D eigenvalue weighted by Gasteiger charge is 2.26. The predicted octanol–water partition coefficient (Wildman–Crippen LogP) is 2.74. The van der Waals surface area contributed by atoms with Crippen molar-refractivity contribution in [3.63, 3.8) is 0 Å². The lowest BCUT2D eigenvalue weighted by atomic mass is 9.85. The number of hydrogen-bond acceptors (Lipinski definition) is 4. The van der Waals surface area contributed by atoms with Gasteiger partial charge in [0.15, 0.2) is 5.82 Å². The van der Waals surface area contributed by atoms with Gasteiger partial charge in [0.05, 0.1) is 0 Å². The van der Waals surface area contributed by atoms with Crippen molar-refractivity contribution in [1.82, 2.24) is 15.3 Å². The summed E-state index contributed by atoms with van der Waals surface area (Å²) in [6, 6.07) is 0. The summed E-state index contributed by atoms with van der Waals surface area (Å²) in [5, 5.41) is 3.55. The largest absolute Gasteiger partial charge is 0.370 e. The van der Waals surface area contributed by atoms with Gasteiger partial charge >= 0.3 is 0 Å². The molecule has 1 aromatic heterocycles. The number of nitrogens with one attached hydrogen (secondary N) is 1. The fourth-order valence-corrected chi connectivity index (χ4v) is 3.47. The SMILES string of the molecule is CCCNCC1CCc2nc(C3CCCO3)nc(C)c2C1. The molecule has 0 aromatic carbocycles. The Morgan fingerprint density at radius 1 is 1.29 bits per heavy atom. The summed E-state index contributed by atoms with van der Waals surface area (Å²) in [4.78, 5) is 9.57. The van der Waals surface area contributed by atoms with Crippen LogP contribution in [0.25, 0.3) is 0 Å².